The first-order chi connectivity index (χ1) is 15.8. The SMILES string of the molecule is CC(C)C(NC(=O)CCCCCN1C(=O)CC(SCCC(=O)NCCC(C)(C)C)C1=O)C(N)=O. The van der Waals surface area contributed by atoms with E-state index in [4.69, 9.17) is 5.73 Å². The Bertz CT molecular complexity index is 735. The van der Waals surface area contributed by atoms with E-state index in [1.807, 2.05) is 13.8 Å². The topological polar surface area (TPSA) is 139 Å². The van der Waals surface area contributed by atoms with Crippen LogP contribution in [-0.2, 0) is 24.0 Å². The van der Waals surface area contributed by atoms with Gasteiger partial charge in [0.2, 0.25) is 29.5 Å². The van der Waals surface area contributed by atoms with Gasteiger partial charge >= 0.3 is 0 Å². The molecule has 0 aromatic carbocycles. The number of carbonyl (C=O) groups is 5. The van der Waals surface area contributed by atoms with Crippen molar-refractivity contribution in [2.24, 2.45) is 17.1 Å². The van der Waals surface area contributed by atoms with Gasteiger partial charge < -0.3 is 16.4 Å². The fourth-order valence-electron chi connectivity index (χ4n) is 3.52. The second-order valence-electron chi connectivity index (χ2n) is 10.4. The molecule has 0 radical (unpaired) electrons. The zero-order chi connectivity index (χ0) is 25.9. The maximum Gasteiger partial charge on any atom is 0.242 e. The van der Waals surface area contributed by atoms with E-state index in [0.717, 1.165) is 6.42 Å². The van der Waals surface area contributed by atoms with Gasteiger partial charge in [-0.2, -0.15) is 0 Å². The van der Waals surface area contributed by atoms with E-state index in [0.29, 0.717) is 44.5 Å². The Balaban J connectivity index is 2.25. The van der Waals surface area contributed by atoms with Crippen molar-refractivity contribution in [3.8, 4) is 0 Å². The van der Waals surface area contributed by atoms with Crippen molar-refractivity contribution in [3.05, 3.63) is 0 Å². The Morgan fingerprint density at radius 3 is 2.35 bits per heavy atom. The van der Waals surface area contributed by atoms with Crippen LogP contribution in [0.3, 0.4) is 0 Å². The van der Waals surface area contributed by atoms with Gasteiger partial charge in [-0.25, -0.2) is 0 Å². The molecule has 34 heavy (non-hydrogen) atoms. The number of rotatable bonds is 15. The van der Waals surface area contributed by atoms with Gasteiger partial charge in [0.1, 0.15) is 6.04 Å². The summed E-state index contributed by atoms with van der Waals surface area (Å²) in [5.74, 6) is -0.783. The van der Waals surface area contributed by atoms with E-state index in [-0.39, 0.29) is 47.8 Å². The average molecular weight is 499 g/mol. The van der Waals surface area contributed by atoms with Crippen LogP contribution in [0.2, 0.25) is 0 Å². The monoisotopic (exact) mass is 498 g/mol. The fraction of sp³-hybridized carbons (Fsp3) is 0.792. The van der Waals surface area contributed by atoms with Crippen LogP contribution in [0.15, 0.2) is 0 Å². The van der Waals surface area contributed by atoms with Gasteiger partial charge in [-0.1, -0.05) is 41.0 Å². The number of nitrogens with two attached hydrogens (primary N) is 1. The van der Waals surface area contributed by atoms with Gasteiger partial charge in [-0.3, -0.25) is 28.9 Å². The van der Waals surface area contributed by atoms with Gasteiger partial charge in [0.15, 0.2) is 0 Å². The van der Waals surface area contributed by atoms with Crippen LogP contribution in [-0.4, -0.2) is 64.6 Å². The molecular weight excluding hydrogens is 456 g/mol. The Morgan fingerprint density at radius 2 is 1.76 bits per heavy atom. The van der Waals surface area contributed by atoms with Crippen LogP contribution < -0.4 is 16.4 Å². The molecule has 0 spiro atoms. The van der Waals surface area contributed by atoms with Crippen LogP contribution in [0.4, 0.5) is 0 Å². The number of carbonyl (C=O) groups excluding carboxylic acids is 5. The number of nitrogens with one attached hydrogen (secondary N) is 2. The summed E-state index contributed by atoms with van der Waals surface area (Å²) in [6.45, 7) is 11.0. The molecule has 2 atom stereocenters. The van der Waals surface area contributed by atoms with Crippen LogP contribution in [0.5, 0.6) is 0 Å². The highest BCUT2D eigenvalue weighted by Gasteiger charge is 2.38. The van der Waals surface area contributed by atoms with Gasteiger partial charge in [-0.15, -0.1) is 11.8 Å². The molecule has 10 heteroatoms. The highest BCUT2D eigenvalue weighted by Crippen LogP contribution is 2.26. The zero-order valence-corrected chi connectivity index (χ0v) is 22.1. The maximum atomic E-state index is 12.6. The van der Waals surface area contributed by atoms with Gasteiger partial charge in [0.25, 0.3) is 0 Å². The van der Waals surface area contributed by atoms with Crippen LogP contribution in [0, 0.1) is 11.3 Å². The second kappa shape index (κ2) is 14.3. The van der Waals surface area contributed by atoms with Crippen molar-refractivity contribution >= 4 is 41.3 Å². The van der Waals surface area contributed by atoms with Crippen molar-refractivity contribution in [3.63, 3.8) is 0 Å². The molecule has 5 amide bonds. The highest BCUT2D eigenvalue weighted by molar-refractivity contribution is 8.00. The Labute approximate surface area is 207 Å². The van der Waals surface area contributed by atoms with Crippen molar-refractivity contribution in [2.75, 3.05) is 18.8 Å². The Kier molecular flexibility index (Phi) is 12.6. The lowest BCUT2D eigenvalue weighted by Crippen LogP contribution is -2.47. The molecule has 1 aliphatic heterocycles. The lowest BCUT2D eigenvalue weighted by molar-refractivity contribution is -0.138. The number of unbranched alkanes of at least 4 members (excludes halogenated alkanes) is 2. The summed E-state index contributed by atoms with van der Waals surface area (Å²) >= 11 is 1.36. The Hall–Kier alpha value is -2.10. The number of hydrogen-bond acceptors (Lipinski definition) is 6. The molecule has 194 valence electrons. The number of primary amides is 1. The molecule has 0 aromatic rings. The second-order valence-corrected chi connectivity index (χ2v) is 11.7. The van der Waals surface area contributed by atoms with Crippen molar-refractivity contribution in [2.45, 2.75) is 90.9 Å². The van der Waals surface area contributed by atoms with E-state index in [1.54, 1.807) is 0 Å². The zero-order valence-electron chi connectivity index (χ0n) is 21.3. The maximum absolute atomic E-state index is 12.6. The first kappa shape index (κ1) is 29.9. The third kappa shape index (κ3) is 11.4. The molecule has 1 rings (SSSR count). The standard InChI is InChI=1S/C24H42N4O5S/c1-16(2)21(22(25)32)27-19(30)9-7-6-8-13-28-20(31)15-17(23(28)33)34-14-10-18(29)26-12-11-24(3,4)5/h16-17,21H,6-15H2,1-5H3,(H2,25,32)(H,26,29)(H,27,30). The van der Waals surface area contributed by atoms with Crippen molar-refractivity contribution < 1.29 is 24.0 Å². The smallest absolute Gasteiger partial charge is 0.242 e. The van der Waals surface area contributed by atoms with Gasteiger partial charge in [-0.05, 0) is 30.6 Å². The minimum Gasteiger partial charge on any atom is -0.368 e. The fourth-order valence-corrected chi connectivity index (χ4v) is 4.64. The molecule has 0 bridgehead atoms. The number of imide groups is 1. The number of nitrogens with zero attached hydrogens (tertiary/aromatic N) is 1. The van der Waals surface area contributed by atoms with E-state index in [2.05, 4.69) is 31.4 Å². The van der Waals surface area contributed by atoms with E-state index in [1.165, 1.54) is 16.7 Å². The third-order valence-electron chi connectivity index (χ3n) is 5.62. The van der Waals surface area contributed by atoms with Gasteiger partial charge in [0, 0.05) is 38.1 Å². The lowest BCUT2D eigenvalue weighted by Gasteiger charge is -2.19. The molecule has 1 heterocycles. The quantitative estimate of drug-likeness (QED) is 0.233. The largest absolute Gasteiger partial charge is 0.368 e. The summed E-state index contributed by atoms with van der Waals surface area (Å²) in [6.07, 6.45) is 3.53. The molecule has 4 N–H and O–H groups in total. The molecule has 2 unspecified atom stereocenters. The molecule has 0 aromatic heterocycles. The number of thioether (sulfide) groups is 1. The minimum atomic E-state index is -0.684. The molecular formula is C24H42N4O5S. The highest BCUT2D eigenvalue weighted by atomic mass is 32.2. The first-order valence-electron chi connectivity index (χ1n) is 12.1. The molecule has 1 fully saturated rings. The number of likely N-dealkylation sites (tertiary alicyclic amines) is 1. The summed E-state index contributed by atoms with van der Waals surface area (Å²) in [4.78, 5) is 61.5. The number of amides is 5. The molecule has 1 aliphatic rings. The predicted molar refractivity (Wildman–Crippen MR) is 134 cm³/mol. The van der Waals surface area contributed by atoms with E-state index >= 15 is 0 Å². The van der Waals surface area contributed by atoms with Crippen LogP contribution in [0.25, 0.3) is 0 Å². The summed E-state index contributed by atoms with van der Waals surface area (Å²) in [6, 6.07) is -0.684. The summed E-state index contributed by atoms with van der Waals surface area (Å²) in [5, 5.41) is 5.12. The predicted octanol–water partition coefficient (Wildman–Crippen LogP) is 1.98. The minimum absolute atomic E-state index is 0.0371. The summed E-state index contributed by atoms with van der Waals surface area (Å²) in [7, 11) is 0. The average Bonchev–Trinajstić information content (AvgIpc) is 2.97. The normalized spacial score (nSPS) is 17.2. The van der Waals surface area contributed by atoms with Crippen molar-refractivity contribution in [1.82, 2.24) is 15.5 Å². The Morgan fingerprint density at radius 1 is 1.09 bits per heavy atom. The molecule has 0 aliphatic carbocycles. The number of hydrogen-bond donors (Lipinski definition) is 3. The van der Waals surface area contributed by atoms with Crippen LogP contribution in [0.1, 0.15) is 79.6 Å². The van der Waals surface area contributed by atoms with Crippen LogP contribution >= 0.6 is 11.8 Å². The van der Waals surface area contributed by atoms with Crippen molar-refractivity contribution in [1.29, 1.82) is 0 Å². The summed E-state index contributed by atoms with van der Waals surface area (Å²) < 4.78 is 0. The van der Waals surface area contributed by atoms with E-state index in [9.17, 15) is 24.0 Å². The van der Waals surface area contributed by atoms with E-state index < -0.39 is 17.2 Å². The first-order valence-corrected chi connectivity index (χ1v) is 13.2. The molecule has 0 saturated carbocycles. The summed E-state index contributed by atoms with van der Waals surface area (Å²) in [5.41, 5.74) is 5.47. The molecule has 9 nitrogen and oxygen atoms in total. The molecule has 1 saturated heterocycles. The van der Waals surface area contributed by atoms with Gasteiger partial charge in [0.05, 0.1) is 5.25 Å². The lowest BCUT2D eigenvalue weighted by atomic mass is 9.92. The third-order valence-corrected chi connectivity index (χ3v) is 6.83.